The van der Waals surface area contributed by atoms with Crippen molar-refractivity contribution in [2.24, 2.45) is 0 Å². The fraction of sp³-hybridized carbons (Fsp3) is 0.625. The Morgan fingerprint density at radius 2 is 2.16 bits per heavy atom. The number of likely N-dealkylation sites (N-methyl/N-ethyl adjacent to an activating group) is 1. The van der Waals surface area contributed by atoms with E-state index in [2.05, 4.69) is 56.2 Å². The minimum absolute atomic E-state index is 0.179. The highest BCUT2D eigenvalue weighted by atomic mass is 16.5. The molecule has 106 valence electrons. The first kappa shape index (κ1) is 14.2. The predicted octanol–water partition coefficient (Wildman–Crippen LogP) is 2.84. The molecule has 1 aliphatic heterocycles. The lowest BCUT2D eigenvalue weighted by Crippen LogP contribution is -2.39. The number of hydrogen-bond acceptors (Lipinski definition) is 3. The molecule has 0 aliphatic carbocycles. The topological polar surface area (TPSA) is 24.5 Å². The third-order valence-electron chi connectivity index (χ3n) is 3.83. The smallest absolute Gasteiger partial charge is 0.145 e. The van der Waals surface area contributed by atoms with Gasteiger partial charge < -0.3 is 15.0 Å². The lowest BCUT2D eigenvalue weighted by molar-refractivity contribution is 0.305. The molecule has 1 N–H and O–H groups in total. The maximum Gasteiger partial charge on any atom is 0.145 e. The van der Waals surface area contributed by atoms with Gasteiger partial charge in [0.2, 0.25) is 0 Å². The summed E-state index contributed by atoms with van der Waals surface area (Å²) in [6.07, 6.45) is 2.17. The zero-order valence-electron chi connectivity index (χ0n) is 12.6. The standard InChI is InChI=1S/C16H26N2O/c1-5-17-16(2,3)10-9-13-7-6-8-14-15(13)19-12-11-18(14)4/h6-8,17H,5,9-12H2,1-4H3. The van der Waals surface area contributed by atoms with Crippen molar-refractivity contribution in [3.05, 3.63) is 23.8 Å². The van der Waals surface area contributed by atoms with Crippen molar-refractivity contribution in [1.82, 2.24) is 5.32 Å². The number of para-hydroxylation sites is 1. The average molecular weight is 262 g/mol. The van der Waals surface area contributed by atoms with E-state index >= 15 is 0 Å². The second kappa shape index (κ2) is 5.83. The summed E-state index contributed by atoms with van der Waals surface area (Å²) >= 11 is 0. The van der Waals surface area contributed by atoms with Crippen molar-refractivity contribution in [2.75, 3.05) is 31.6 Å². The van der Waals surface area contributed by atoms with Gasteiger partial charge in [0.05, 0.1) is 12.2 Å². The van der Waals surface area contributed by atoms with Crippen LogP contribution in [0.5, 0.6) is 5.75 Å². The monoisotopic (exact) mass is 262 g/mol. The van der Waals surface area contributed by atoms with Crippen LogP contribution in [0.15, 0.2) is 18.2 Å². The summed E-state index contributed by atoms with van der Waals surface area (Å²) < 4.78 is 5.89. The minimum atomic E-state index is 0.179. The Bertz CT molecular complexity index is 429. The highest BCUT2D eigenvalue weighted by Gasteiger charge is 2.21. The number of ether oxygens (including phenoxy) is 1. The molecule has 3 heteroatoms. The summed E-state index contributed by atoms with van der Waals surface area (Å²) in [5, 5.41) is 3.53. The molecular formula is C16H26N2O. The molecule has 2 rings (SSSR count). The predicted molar refractivity (Wildman–Crippen MR) is 81.3 cm³/mol. The van der Waals surface area contributed by atoms with E-state index in [0.29, 0.717) is 0 Å². The van der Waals surface area contributed by atoms with Gasteiger partial charge in [-0.2, -0.15) is 0 Å². The molecule has 0 unspecified atom stereocenters. The van der Waals surface area contributed by atoms with Crippen molar-refractivity contribution in [1.29, 1.82) is 0 Å². The molecule has 0 atom stereocenters. The first-order valence-corrected chi connectivity index (χ1v) is 7.24. The molecule has 0 spiro atoms. The summed E-state index contributed by atoms with van der Waals surface area (Å²) in [5.41, 5.74) is 2.73. The largest absolute Gasteiger partial charge is 0.489 e. The molecule has 0 radical (unpaired) electrons. The van der Waals surface area contributed by atoms with Crippen LogP contribution in [-0.2, 0) is 6.42 Å². The van der Waals surface area contributed by atoms with Gasteiger partial charge in [0, 0.05) is 12.6 Å². The number of benzene rings is 1. The van der Waals surface area contributed by atoms with Gasteiger partial charge >= 0.3 is 0 Å². The quantitative estimate of drug-likeness (QED) is 0.883. The molecule has 1 aliphatic rings. The number of rotatable bonds is 5. The lowest BCUT2D eigenvalue weighted by atomic mass is 9.94. The van der Waals surface area contributed by atoms with Crippen LogP contribution < -0.4 is 15.0 Å². The Balaban J connectivity index is 2.11. The van der Waals surface area contributed by atoms with Crippen molar-refractivity contribution in [3.63, 3.8) is 0 Å². The molecule has 0 bridgehead atoms. The van der Waals surface area contributed by atoms with Crippen LogP contribution in [0.1, 0.15) is 32.8 Å². The maximum atomic E-state index is 5.89. The van der Waals surface area contributed by atoms with Crippen LogP contribution in [0.3, 0.4) is 0 Å². The summed E-state index contributed by atoms with van der Waals surface area (Å²) in [4.78, 5) is 2.28. The van der Waals surface area contributed by atoms with E-state index in [-0.39, 0.29) is 5.54 Å². The molecule has 1 aromatic rings. The molecule has 0 amide bonds. The van der Waals surface area contributed by atoms with Gasteiger partial charge in [0.1, 0.15) is 12.4 Å². The first-order valence-electron chi connectivity index (χ1n) is 7.24. The average Bonchev–Trinajstić information content (AvgIpc) is 2.37. The number of nitrogens with one attached hydrogen (secondary N) is 1. The third kappa shape index (κ3) is 3.41. The number of aryl methyl sites for hydroxylation is 1. The van der Waals surface area contributed by atoms with Gasteiger partial charge in [-0.1, -0.05) is 19.1 Å². The Kier molecular flexibility index (Phi) is 4.35. The van der Waals surface area contributed by atoms with Crippen LogP contribution in [0.2, 0.25) is 0 Å². The molecule has 0 saturated heterocycles. The molecule has 1 heterocycles. The number of nitrogens with zero attached hydrogens (tertiary/aromatic N) is 1. The molecule has 0 fully saturated rings. The molecular weight excluding hydrogens is 236 g/mol. The van der Waals surface area contributed by atoms with E-state index in [1.807, 2.05) is 0 Å². The fourth-order valence-electron chi connectivity index (χ4n) is 2.65. The highest BCUT2D eigenvalue weighted by molar-refractivity contribution is 5.62. The summed E-state index contributed by atoms with van der Waals surface area (Å²) in [6.45, 7) is 9.46. The number of anilines is 1. The molecule has 0 saturated carbocycles. The normalized spacial score (nSPS) is 15.1. The zero-order valence-corrected chi connectivity index (χ0v) is 12.6. The Morgan fingerprint density at radius 3 is 2.89 bits per heavy atom. The van der Waals surface area contributed by atoms with Crippen molar-refractivity contribution >= 4 is 5.69 Å². The minimum Gasteiger partial charge on any atom is -0.489 e. The van der Waals surface area contributed by atoms with Crippen molar-refractivity contribution in [2.45, 2.75) is 39.2 Å². The maximum absolute atomic E-state index is 5.89. The number of hydrogen-bond donors (Lipinski definition) is 1. The van der Waals surface area contributed by atoms with Crippen LogP contribution in [0.25, 0.3) is 0 Å². The highest BCUT2D eigenvalue weighted by Crippen LogP contribution is 2.35. The van der Waals surface area contributed by atoms with E-state index in [4.69, 9.17) is 4.74 Å². The summed E-state index contributed by atoms with van der Waals surface area (Å²) in [6, 6.07) is 6.48. The Morgan fingerprint density at radius 1 is 1.37 bits per heavy atom. The lowest BCUT2D eigenvalue weighted by Gasteiger charge is -2.30. The fourth-order valence-corrected chi connectivity index (χ4v) is 2.65. The SMILES string of the molecule is CCNC(C)(C)CCc1cccc2c1OCCN2C. The van der Waals surface area contributed by atoms with Gasteiger partial charge in [0.25, 0.3) is 0 Å². The molecule has 1 aromatic carbocycles. The van der Waals surface area contributed by atoms with Crippen LogP contribution in [-0.4, -0.2) is 32.3 Å². The molecule has 0 aromatic heterocycles. The third-order valence-corrected chi connectivity index (χ3v) is 3.83. The summed E-state index contributed by atoms with van der Waals surface area (Å²) in [5.74, 6) is 1.09. The van der Waals surface area contributed by atoms with E-state index in [1.165, 1.54) is 11.3 Å². The second-order valence-electron chi connectivity index (χ2n) is 5.95. The zero-order chi connectivity index (χ0) is 13.9. The van der Waals surface area contributed by atoms with Gasteiger partial charge in [0.15, 0.2) is 0 Å². The van der Waals surface area contributed by atoms with Crippen molar-refractivity contribution < 1.29 is 4.74 Å². The van der Waals surface area contributed by atoms with Crippen LogP contribution in [0.4, 0.5) is 5.69 Å². The van der Waals surface area contributed by atoms with Crippen molar-refractivity contribution in [3.8, 4) is 5.75 Å². The van der Waals surface area contributed by atoms with Gasteiger partial charge in [-0.25, -0.2) is 0 Å². The molecule has 3 nitrogen and oxygen atoms in total. The summed E-state index contributed by atoms with van der Waals surface area (Å²) in [7, 11) is 2.13. The van der Waals surface area contributed by atoms with E-state index in [1.54, 1.807) is 0 Å². The first-order chi connectivity index (χ1) is 9.03. The second-order valence-corrected chi connectivity index (χ2v) is 5.95. The van der Waals surface area contributed by atoms with Gasteiger partial charge in [-0.15, -0.1) is 0 Å². The van der Waals surface area contributed by atoms with Crippen LogP contribution >= 0.6 is 0 Å². The van der Waals surface area contributed by atoms with E-state index in [9.17, 15) is 0 Å². The Labute approximate surface area is 116 Å². The van der Waals surface area contributed by atoms with Gasteiger partial charge in [-0.05, 0) is 44.9 Å². The number of fused-ring (bicyclic) bond motifs is 1. The van der Waals surface area contributed by atoms with E-state index in [0.717, 1.165) is 38.3 Å². The molecule has 19 heavy (non-hydrogen) atoms. The van der Waals surface area contributed by atoms with Gasteiger partial charge in [-0.3, -0.25) is 0 Å². The van der Waals surface area contributed by atoms with E-state index < -0.39 is 0 Å². The van der Waals surface area contributed by atoms with Crippen LogP contribution in [0, 0.1) is 0 Å². The Hall–Kier alpha value is -1.22.